The summed E-state index contributed by atoms with van der Waals surface area (Å²) >= 11 is 5.71. The maximum Gasteiger partial charge on any atom is 0.159 e. The van der Waals surface area contributed by atoms with Crippen LogP contribution in [-0.2, 0) is 0 Å². The zero-order valence-electron chi connectivity index (χ0n) is 9.00. The second kappa shape index (κ2) is 5.00. The van der Waals surface area contributed by atoms with Crippen LogP contribution in [0.15, 0.2) is 36.4 Å². The van der Waals surface area contributed by atoms with Gasteiger partial charge in [0.15, 0.2) is 11.6 Å². The number of hydrogen-bond acceptors (Lipinski definition) is 1. The number of aliphatic hydroxyl groups is 1. The Balaban J connectivity index is 2.44. The fourth-order valence-electron chi connectivity index (χ4n) is 1.59. The Bertz CT molecular complexity index is 586. The van der Waals surface area contributed by atoms with E-state index in [1.54, 1.807) is 0 Å². The molecule has 0 saturated heterocycles. The highest BCUT2D eigenvalue weighted by molar-refractivity contribution is 6.31. The summed E-state index contributed by atoms with van der Waals surface area (Å²) in [5.74, 6) is -2.79. The lowest BCUT2D eigenvalue weighted by atomic mass is 10.0. The van der Waals surface area contributed by atoms with Crippen molar-refractivity contribution >= 4 is 11.6 Å². The third kappa shape index (κ3) is 2.35. The molecule has 18 heavy (non-hydrogen) atoms. The fourth-order valence-corrected chi connectivity index (χ4v) is 1.82. The molecule has 1 N–H and O–H groups in total. The van der Waals surface area contributed by atoms with E-state index in [-0.39, 0.29) is 16.1 Å². The zero-order valence-corrected chi connectivity index (χ0v) is 9.76. The summed E-state index contributed by atoms with van der Waals surface area (Å²) in [5.41, 5.74) is 0.198. The van der Waals surface area contributed by atoms with Crippen LogP contribution in [0.2, 0.25) is 5.02 Å². The molecule has 0 radical (unpaired) electrons. The van der Waals surface area contributed by atoms with Crippen LogP contribution in [0.4, 0.5) is 13.2 Å². The van der Waals surface area contributed by atoms with Gasteiger partial charge in [-0.05, 0) is 23.8 Å². The standard InChI is InChI=1S/C13H8ClF3O/c14-12-8(2-1-3-10(12)16)13(18)7-4-5-9(15)11(17)6-7/h1-6,13,18H. The average molecular weight is 273 g/mol. The molecule has 0 amide bonds. The van der Waals surface area contributed by atoms with Gasteiger partial charge in [-0.15, -0.1) is 0 Å². The van der Waals surface area contributed by atoms with Gasteiger partial charge in [-0.2, -0.15) is 0 Å². The van der Waals surface area contributed by atoms with Gasteiger partial charge in [-0.25, -0.2) is 13.2 Å². The summed E-state index contributed by atoms with van der Waals surface area (Å²) in [4.78, 5) is 0. The van der Waals surface area contributed by atoms with Crippen LogP contribution < -0.4 is 0 Å². The molecule has 2 aromatic rings. The van der Waals surface area contributed by atoms with E-state index in [9.17, 15) is 18.3 Å². The second-order valence-corrected chi connectivity index (χ2v) is 4.10. The molecule has 0 saturated carbocycles. The quantitative estimate of drug-likeness (QED) is 0.881. The fraction of sp³-hybridized carbons (Fsp3) is 0.0769. The van der Waals surface area contributed by atoms with Crippen LogP contribution in [0.5, 0.6) is 0 Å². The van der Waals surface area contributed by atoms with Crippen molar-refractivity contribution in [2.75, 3.05) is 0 Å². The van der Waals surface area contributed by atoms with Gasteiger partial charge in [0, 0.05) is 5.56 Å². The molecule has 0 fully saturated rings. The highest BCUT2D eigenvalue weighted by Crippen LogP contribution is 2.30. The predicted molar refractivity (Wildman–Crippen MR) is 61.8 cm³/mol. The van der Waals surface area contributed by atoms with Gasteiger partial charge in [-0.3, -0.25) is 0 Å². The first kappa shape index (κ1) is 12.9. The first-order chi connectivity index (χ1) is 8.50. The van der Waals surface area contributed by atoms with Gasteiger partial charge in [-0.1, -0.05) is 29.8 Å². The summed E-state index contributed by atoms with van der Waals surface area (Å²) < 4.78 is 39.0. The minimum atomic E-state index is -1.32. The van der Waals surface area contributed by atoms with Crippen molar-refractivity contribution in [1.29, 1.82) is 0 Å². The molecule has 0 bridgehead atoms. The highest BCUT2D eigenvalue weighted by atomic mass is 35.5. The van der Waals surface area contributed by atoms with Gasteiger partial charge in [0.25, 0.3) is 0 Å². The molecule has 2 aromatic carbocycles. The lowest BCUT2D eigenvalue weighted by molar-refractivity contribution is 0.219. The molecule has 0 aliphatic heterocycles. The number of benzene rings is 2. The minimum absolute atomic E-state index is 0.0985. The average Bonchev–Trinajstić information content (AvgIpc) is 2.35. The molecule has 0 aliphatic carbocycles. The van der Waals surface area contributed by atoms with Gasteiger partial charge >= 0.3 is 0 Å². The number of halogens is 4. The summed E-state index contributed by atoms with van der Waals surface area (Å²) in [6.45, 7) is 0. The summed E-state index contributed by atoms with van der Waals surface area (Å²) in [5, 5.41) is 9.73. The van der Waals surface area contributed by atoms with Crippen molar-refractivity contribution in [2.45, 2.75) is 6.10 Å². The molecule has 2 rings (SSSR count). The van der Waals surface area contributed by atoms with E-state index >= 15 is 0 Å². The van der Waals surface area contributed by atoms with E-state index in [4.69, 9.17) is 11.6 Å². The predicted octanol–water partition coefficient (Wildman–Crippen LogP) is 3.84. The van der Waals surface area contributed by atoms with Crippen LogP contribution in [0, 0.1) is 17.5 Å². The first-order valence-electron chi connectivity index (χ1n) is 5.07. The molecule has 5 heteroatoms. The monoisotopic (exact) mass is 272 g/mol. The molecule has 0 aromatic heterocycles. The molecule has 1 atom stereocenters. The Morgan fingerprint density at radius 2 is 1.67 bits per heavy atom. The van der Waals surface area contributed by atoms with Crippen LogP contribution in [0.3, 0.4) is 0 Å². The Kier molecular flexibility index (Phi) is 3.59. The van der Waals surface area contributed by atoms with Crippen molar-refractivity contribution in [3.63, 3.8) is 0 Å². The van der Waals surface area contributed by atoms with Crippen molar-refractivity contribution < 1.29 is 18.3 Å². The van der Waals surface area contributed by atoms with Gasteiger partial charge in [0.05, 0.1) is 5.02 Å². The van der Waals surface area contributed by atoms with Crippen LogP contribution in [-0.4, -0.2) is 5.11 Å². The molecule has 1 nitrogen and oxygen atoms in total. The Morgan fingerprint density at radius 3 is 2.33 bits per heavy atom. The van der Waals surface area contributed by atoms with Crippen LogP contribution in [0.1, 0.15) is 17.2 Å². The third-order valence-electron chi connectivity index (χ3n) is 2.54. The van der Waals surface area contributed by atoms with Crippen LogP contribution >= 0.6 is 11.6 Å². The SMILES string of the molecule is OC(c1ccc(F)c(F)c1)c1cccc(F)c1Cl. The van der Waals surface area contributed by atoms with E-state index < -0.39 is 23.6 Å². The van der Waals surface area contributed by atoms with E-state index in [2.05, 4.69) is 0 Å². The van der Waals surface area contributed by atoms with Crippen molar-refractivity contribution in [3.8, 4) is 0 Å². The van der Waals surface area contributed by atoms with Crippen molar-refractivity contribution in [1.82, 2.24) is 0 Å². The smallest absolute Gasteiger partial charge is 0.159 e. The lowest BCUT2D eigenvalue weighted by Crippen LogP contribution is -2.02. The molecular formula is C13H8ClF3O. The maximum atomic E-state index is 13.2. The molecule has 1 unspecified atom stereocenters. The van der Waals surface area contributed by atoms with E-state index in [1.165, 1.54) is 18.2 Å². The zero-order chi connectivity index (χ0) is 13.3. The third-order valence-corrected chi connectivity index (χ3v) is 2.93. The summed E-state index contributed by atoms with van der Waals surface area (Å²) in [7, 11) is 0. The summed E-state index contributed by atoms with van der Waals surface area (Å²) in [6.07, 6.45) is -1.32. The van der Waals surface area contributed by atoms with Gasteiger partial charge in [0.2, 0.25) is 0 Å². The number of rotatable bonds is 2. The van der Waals surface area contributed by atoms with E-state index in [0.29, 0.717) is 0 Å². The van der Waals surface area contributed by atoms with E-state index in [0.717, 1.165) is 18.2 Å². The number of aliphatic hydroxyl groups excluding tert-OH is 1. The van der Waals surface area contributed by atoms with Crippen molar-refractivity contribution in [2.24, 2.45) is 0 Å². The van der Waals surface area contributed by atoms with Crippen LogP contribution in [0.25, 0.3) is 0 Å². The Labute approximate surface area is 106 Å². The van der Waals surface area contributed by atoms with E-state index in [1.807, 2.05) is 0 Å². The minimum Gasteiger partial charge on any atom is -0.384 e. The van der Waals surface area contributed by atoms with Gasteiger partial charge < -0.3 is 5.11 Å². The normalized spacial score (nSPS) is 12.5. The largest absolute Gasteiger partial charge is 0.384 e. The molecule has 94 valence electrons. The molecular weight excluding hydrogens is 265 g/mol. The maximum absolute atomic E-state index is 13.2. The Morgan fingerprint density at radius 1 is 0.944 bits per heavy atom. The lowest BCUT2D eigenvalue weighted by Gasteiger charge is -2.13. The molecule has 0 spiro atoms. The number of hydrogen-bond donors (Lipinski definition) is 1. The van der Waals surface area contributed by atoms with Gasteiger partial charge in [0.1, 0.15) is 11.9 Å². The van der Waals surface area contributed by atoms with Crippen molar-refractivity contribution in [3.05, 3.63) is 70.0 Å². The Hall–Kier alpha value is -1.52. The topological polar surface area (TPSA) is 20.2 Å². The molecule has 0 heterocycles. The molecule has 0 aliphatic rings. The first-order valence-corrected chi connectivity index (χ1v) is 5.45. The second-order valence-electron chi connectivity index (χ2n) is 3.72. The highest BCUT2D eigenvalue weighted by Gasteiger charge is 2.17. The summed E-state index contributed by atoms with van der Waals surface area (Å²) in [6, 6.07) is 6.88.